The quantitative estimate of drug-likeness (QED) is 0.650. The molecule has 0 saturated heterocycles. The Kier molecular flexibility index (Phi) is 4.93. The number of amides is 3. The van der Waals surface area contributed by atoms with E-state index in [-0.39, 0.29) is 6.42 Å². The molecule has 1 N–H and O–H groups in total. The fourth-order valence-corrected chi connectivity index (χ4v) is 3.90. The minimum absolute atomic E-state index is 0.142. The van der Waals surface area contributed by atoms with Gasteiger partial charge in [0.25, 0.3) is 11.8 Å². The Balaban J connectivity index is 1.69. The summed E-state index contributed by atoms with van der Waals surface area (Å²) in [7, 11) is 0. The van der Waals surface area contributed by atoms with Gasteiger partial charge in [0.1, 0.15) is 6.04 Å². The fraction of sp³-hybridized carbons (Fsp3) is 0.100. The summed E-state index contributed by atoms with van der Waals surface area (Å²) < 4.78 is 0. The van der Waals surface area contributed by atoms with Crippen molar-refractivity contribution in [2.75, 3.05) is 5.32 Å². The van der Waals surface area contributed by atoms with Crippen LogP contribution in [-0.2, 0) is 11.2 Å². The van der Waals surface area contributed by atoms with Crippen molar-refractivity contribution in [3.8, 4) is 0 Å². The first-order valence-corrected chi connectivity index (χ1v) is 9.72. The number of imide groups is 1. The summed E-state index contributed by atoms with van der Waals surface area (Å²) in [6.45, 7) is 0. The normalized spacial score (nSPS) is 14.1. The van der Waals surface area contributed by atoms with Gasteiger partial charge in [-0.25, -0.2) is 4.98 Å². The van der Waals surface area contributed by atoms with E-state index in [1.54, 1.807) is 60.1 Å². The van der Waals surface area contributed by atoms with Crippen LogP contribution in [0.2, 0.25) is 5.02 Å². The van der Waals surface area contributed by atoms with Crippen molar-refractivity contribution in [1.82, 2.24) is 9.88 Å². The topological polar surface area (TPSA) is 79.4 Å². The molecule has 0 aliphatic carbocycles. The lowest BCUT2D eigenvalue weighted by molar-refractivity contribution is -0.119. The molecule has 1 aromatic heterocycles. The maximum atomic E-state index is 13.0. The number of anilines is 1. The molecular weight excluding hydrogens is 398 g/mol. The molecule has 1 atom stereocenters. The lowest BCUT2D eigenvalue weighted by Gasteiger charge is -2.25. The van der Waals surface area contributed by atoms with E-state index in [1.807, 2.05) is 0 Å². The third-order valence-corrected chi connectivity index (χ3v) is 5.34. The average Bonchev–Trinajstić information content (AvgIpc) is 3.28. The van der Waals surface area contributed by atoms with Crippen LogP contribution in [-0.4, -0.2) is 33.6 Å². The molecule has 140 valence electrons. The van der Waals surface area contributed by atoms with Gasteiger partial charge in [0.2, 0.25) is 5.91 Å². The number of hydrogen-bond acceptors (Lipinski definition) is 5. The van der Waals surface area contributed by atoms with Crippen molar-refractivity contribution in [3.05, 3.63) is 81.8 Å². The summed E-state index contributed by atoms with van der Waals surface area (Å²) in [5.74, 6) is -1.45. The Morgan fingerprint density at radius 1 is 1.11 bits per heavy atom. The van der Waals surface area contributed by atoms with Crippen LogP contribution >= 0.6 is 22.9 Å². The van der Waals surface area contributed by atoms with Gasteiger partial charge in [-0.2, -0.15) is 0 Å². The number of aromatic nitrogens is 1. The third-order valence-electron chi connectivity index (χ3n) is 4.42. The molecule has 28 heavy (non-hydrogen) atoms. The number of rotatable bonds is 5. The van der Waals surface area contributed by atoms with Crippen molar-refractivity contribution < 1.29 is 14.4 Å². The number of carbonyl (C=O) groups is 3. The summed E-state index contributed by atoms with van der Waals surface area (Å²) in [5, 5.41) is 5.33. The van der Waals surface area contributed by atoms with Crippen molar-refractivity contribution >= 4 is 45.8 Å². The number of fused-ring (bicyclic) bond motifs is 1. The van der Waals surface area contributed by atoms with Gasteiger partial charge in [-0.15, -0.1) is 11.3 Å². The molecule has 8 heteroatoms. The van der Waals surface area contributed by atoms with Crippen LogP contribution in [0.1, 0.15) is 26.3 Å². The Hall–Kier alpha value is -3.03. The first-order valence-electron chi connectivity index (χ1n) is 8.46. The highest BCUT2D eigenvalue weighted by Gasteiger charge is 2.42. The lowest BCUT2D eigenvalue weighted by Crippen LogP contribution is -2.48. The van der Waals surface area contributed by atoms with Gasteiger partial charge in [-0.1, -0.05) is 35.9 Å². The van der Waals surface area contributed by atoms with Crippen LogP contribution in [0.5, 0.6) is 0 Å². The van der Waals surface area contributed by atoms with Crippen LogP contribution in [0.3, 0.4) is 0 Å². The lowest BCUT2D eigenvalue weighted by atomic mass is 10.0. The molecule has 0 radical (unpaired) electrons. The Bertz CT molecular complexity index is 1030. The number of nitrogens with zero attached hydrogens (tertiary/aromatic N) is 2. The van der Waals surface area contributed by atoms with Crippen molar-refractivity contribution in [2.24, 2.45) is 0 Å². The van der Waals surface area contributed by atoms with E-state index in [1.165, 1.54) is 11.3 Å². The highest BCUT2D eigenvalue weighted by Crippen LogP contribution is 2.27. The molecule has 0 spiro atoms. The SMILES string of the molecule is O=C(Nc1nccs1)C(Cc1cccc(Cl)c1)N1C(=O)c2ccccc2C1=O. The predicted octanol–water partition coefficient (Wildman–Crippen LogP) is 3.64. The van der Waals surface area contributed by atoms with E-state index in [2.05, 4.69) is 10.3 Å². The van der Waals surface area contributed by atoms with Gasteiger partial charge in [0, 0.05) is 23.0 Å². The van der Waals surface area contributed by atoms with E-state index in [0.717, 1.165) is 10.5 Å². The smallest absolute Gasteiger partial charge is 0.262 e. The molecule has 0 fully saturated rings. The van der Waals surface area contributed by atoms with Crippen LogP contribution in [0.4, 0.5) is 5.13 Å². The fourth-order valence-electron chi connectivity index (χ4n) is 3.15. The maximum Gasteiger partial charge on any atom is 0.262 e. The van der Waals surface area contributed by atoms with Crippen LogP contribution < -0.4 is 5.32 Å². The molecular formula is C20H14ClN3O3S. The number of thiazole rings is 1. The van der Waals surface area contributed by atoms with E-state index in [4.69, 9.17) is 11.6 Å². The standard InChI is InChI=1S/C20H14ClN3O3S/c21-13-5-3-4-12(10-13)11-16(17(25)23-20-22-8-9-28-20)24-18(26)14-6-1-2-7-15(14)19(24)27/h1-10,16H,11H2,(H,22,23,25). The zero-order chi connectivity index (χ0) is 19.7. The molecule has 4 rings (SSSR count). The molecule has 0 bridgehead atoms. The number of nitrogens with one attached hydrogen (secondary N) is 1. The van der Waals surface area contributed by atoms with Gasteiger partial charge in [0.15, 0.2) is 5.13 Å². The van der Waals surface area contributed by atoms with Crippen LogP contribution in [0.15, 0.2) is 60.1 Å². The van der Waals surface area contributed by atoms with Crippen LogP contribution in [0, 0.1) is 0 Å². The predicted molar refractivity (Wildman–Crippen MR) is 107 cm³/mol. The number of carbonyl (C=O) groups excluding carboxylic acids is 3. The van der Waals surface area contributed by atoms with Crippen molar-refractivity contribution in [3.63, 3.8) is 0 Å². The van der Waals surface area contributed by atoms with E-state index in [0.29, 0.717) is 21.3 Å². The van der Waals surface area contributed by atoms with Crippen LogP contribution in [0.25, 0.3) is 0 Å². The molecule has 2 heterocycles. The summed E-state index contributed by atoms with van der Waals surface area (Å²) in [6.07, 6.45) is 1.71. The second-order valence-electron chi connectivity index (χ2n) is 6.20. The average molecular weight is 412 g/mol. The maximum absolute atomic E-state index is 13.0. The van der Waals surface area contributed by atoms with Gasteiger partial charge in [-0.05, 0) is 29.8 Å². The second-order valence-corrected chi connectivity index (χ2v) is 7.53. The summed E-state index contributed by atoms with van der Waals surface area (Å²) in [4.78, 5) is 43.9. The largest absolute Gasteiger partial charge is 0.300 e. The van der Waals surface area contributed by atoms with Gasteiger partial charge >= 0.3 is 0 Å². The monoisotopic (exact) mass is 411 g/mol. The van der Waals surface area contributed by atoms with Crippen molar-refractivity contribution in [1.29, 1.82) is 0 Å². The van der Waals surface area contributed by atoms with Crippen molar-refractivity contribution in [2.45, 2.75) is 12.5 Å². The molecule has 6 nitrogen and oxygen atoms in total. The molecule has 1 aliphatic rings. The Morgan fingerprint density at radius 3 is 2.43 bits per heavy atom. The first kappa shape index (κ1) is 18.3. The minimum Gasteiger partial charge on any atom is -0.300 e. The van der Waals surface area contributed by atoms with E-state index in [9.17, 15) is 14.4 Å². The minimum atomic E-state index is -1.03. The first-order chi connectivity index (χ1) is 13.5. The molecule has 1 unspecified atom stereocenters. The van der Waals surface area contributed by atoms with Gasteiger partial charge in [0.05, 0.1) is 11.1 Å². The zero-order valence-corrected chi connectivity index (χ0v) is 16.0. The van der Waals surface area contributed by atoms with E-state index < -0.39 is 23.8 Å². The molecule has 0 saturated carbocycles. The second kappa shape index (κ2) is 7.53. The molecule has 3 aromatic rings. The number of hydrogen-bond donors (Lipinski definition) is 1. The highest BCUT2D eigenvalue weighted by molar-refractivity contribution is 7.13. The van der Waals surface area contributed by atoms with E-state index >= 15 is 0 Å². The summed E-state index contributed by atoms with van der Waals surface area (Å²) in [5.41, 5.74) is 1.33. The number of halogens is 1. The Labute approximate surface area is 169 Å². The summed E-state index contributed by atoms with van der Waals surface area (Å²) >= 11 is 7.31. The van der Waals surface area contributed by atoms with Gasteiger partial charge < -0.3 is 5.32 Å². The summed E-state index contributed by atoms with van der Waals surface area (Å²) in [6, 6.07) is 12.5. The Morgan fingerprint density at radius 2 is 1.82 bits per heavy atom. The molecule has 2 aromatic carbocycles. The number of benzene rings is 2. The highest BCUT2D eigenvalue weighted by atomic mass is 35.5. The molecule has 3 amide bonds. The van der Waals surface area contributed by atoms with Gasteiger partial charge in [-0.3, -0.25) is 19.3 Å². The zero-order valence-electron chi connectivity index (χ0n) is 14.5. The molecule has 1 aliphatic heterocycles. The third kappa shape index (κ3) is 3.42.